The first-order chi connectivity index (χ1) is 12.7. The van der Waals surface area contributed by atoms with E-state index >= 15 is 0 Å². The van der Waals surface area contributed by atoms with E-state index in [1.807, 2.05) is 32.8 Å². The third-order valence-electron chi connectivity index (χ3n) is 4.50. The van der Waals surface area contributed by atoms with Gasteiger partial charge in [-0.05, 0) is 37.7 Å². The second-order valence-corrected chi connectivity index (χ2v) is 7.42. The molecule has 1 aromatic rings. The minimum atomic E-state index is -0.736. The number of rotatable bonds is 8. The van der Waals surface area contributed by atoms with Crippen molar-refractivity contribution in [1.82, 2.24) is 9.80 Å². The van der Waals surface area contributed by atoms with Gasteiger partial charge in [0, 0.05) is 19.5 Å². The number of aromatic hydroxyl groups is 1. The van der Waals surface area contributed by atoms with E-state index in [1.165, 1.54) is 18.1 Å². The van der Waals surface area contributed by atoms with Gasteiger partial charge in [-0.15, -0.1) is 0 Å². The lowest BCUT2D eigenvalue weighted by Crippen LogP contribution is -2.36. The number of aliphatic hydroxyl groups excluding tert-OH is 1. The number of ether oxygens (including phenoxy) is 1. The van der Waals surface area contributed by atoms with Crippen LogP contribution in [-0.2, 0) is 9.59 Å². The molecule has 1 aromatic carbocycles. The summed E-state index contributed by atoms with van der Waals surface area (Å²) in [6.07, 6.45) is 0.229. The fraction of sp³-hybridized carbons (Fsp3) is 0.500. The molecule has 0 aromatic heterocycles. The predicted molar refractivity (Wildman–Crippen MR) is 102 cm³/mol. The van der Waals surface area contributed by atoms with Crippen molar-refractivity contribution in [2.75, 3.05) is 34.3 Å². The number of phenolic OH excluding ortho intramolecular Hbond substituents is 1. The molecule has 7 heteroatoms. The van der Waals surface area contributed by atoms with Gasteiger partial charge in [0.2, 0.25) is 0 Å². The summed E-state index contributed by atoms with van der Waals surface area (Å²) in [5.74, 6) is -1.02. The number of methoxy groups -OCH3 is 1. The maximum Gasteiger partial charge on any atom is 0.290 e. The second-order valence-electron chi connectivity index (χ2n) is 7.42. The second kappa shape index (κ2) is 8.43. The van der Waals surface area contributed by atoms with Gasteiger partial charge >= 0.3 is 0 Å². The Morgan fingerprint density at radius 1 is 1.30 bits per heavy atom. The molecule has 1 atom stereocenters. The molecule has 0 bridgehead atoms. The number of likely N-dealkylation sites (N-methyl/N-ethyl adjacent to an activating group) is 1. The molecule has 0 aliphatic carbocycles. The third kappa shape index (κ3) is 4.42. The quantitative estimate of drug-likeness (QED) is 0.723. The average molecular weight is 376 g/mol. The SMILES string of the molecule is COc1ccc(C2C(C(=O)CC(C)C)=C(O)C(=O)N2CCN(C)C)cc1O. The van der Waals surface area contributed by atoms with Gasteiger partial charge < -0.3 is 24.7 Å². The first kappa shape index (κ1) is 20.8. The van der Waals surface area contributed by atoms with E-state index in [1.54, 1.807) is 12.1 Å². The number of aliphatic hydroxyl groups is 1. The Kier molecular flexibility index (Phi) is 6.49. The zero-order valence-corrected chi connectivity index (χ0v) is 16.5. The summed E-state index contributed by atoms with van der Waals surface area (Å²) in [5.41, 5.74) is 0.647. The summed E-state index contributed by atoms with van der Waals surface area (Å²) in [6.45, 7) is 4.73. The van der Waals surface area contributed by atoms with Crippen LogP contribution in [0.3, 0.4) is 0 Å². The monoisotopic (exact) mass is 376 g/mol. The number of hydrogen-bond acceptors (Lipinski definition) is 6. The van der Waals surface area contributed by atoms with Gasteiger partial charge in [-0.1, -0.05) is 19.9 Å². The highest BCUT2D eigenvalue weighted by Crippen LogP contribution is 2.40. The summed E-state index contributed by atoms with van der Waals surface area (Å²) in [4.78, 5) is 28.9. The van der Waals surface area contributed by atoms with Crippen LogP contribution in [-0.4, -0.2) is 66.0 Å². The molecule has 27 heavy (non-hydrogen) atoms. The minimum absolute atomic E-state index is 0.0861. The third-order valence-corrected chi connectivity index (χ3v) is 4.50. The van der Waals surface area contributed by atoms with Gasteiger partial charge in [-0.3, -0.25) is 9.59 Å². The highest BCUT2D eigenvalue weighted by molar-refractivity contribution is 6.09. The Labute approximate surface area is 159 Å². The van der Waals surface area contributed by atoms with E-state index in [2.05, 4.69) is 0 Å². The number of Topliss-reactive ketones (excluding diaryl/α,β-unsaturated/α-hetero) is 1. The molecular weight excluding hydrogens is 348 g/mol. The van der Waals surface area contributed by atoms with Crippen molar-refractivity contribution in [1.29, 1.82) is 0 Å². The van der Waals surface area contributed by atoms with E-state index in [0.717, 1.165) is 0 Å². The van der Waals surface area contributed by atoms with Crippen molar-refractivity contribution in [3.05, 3.63) is 35.1 Å². The number of benzene rings is 1. The Hall–Kier alpha value is -2.54. The van der Waals surface area contributed by atoms with Crippen molar-refractivity contribution in [2.45, 2.75) is 26.3 Å². The highest BCUT2D eigenvalue weighted by Gasteiger charge is 2.43. The molecule has 0 radical (unpaired) electrons. The standard InChI is InChI=1S/C20H28N2O5/c1-12(2)10-15(24)17-18(13-6-7-16(27-5)14(23)11-13)22(9-8-21(3)4)20(26)19(17)25/h6-7,11-12,18,23,25H,8-10H2,1-5H3. The van der Waals surface area contributed by atoms with Gasteiger partial charge in [0.25, 0.3) is 5.91 Å². The zero-order chi connectivity index (χ0) is 20.3. The van der Waals surface area contributed by atoms with Crippen LogP contribution in [0.1, 0.15) is 31.9 Å². The van der Waals surface area contributed by atoms with Crippen molar-refractivity contribution in [3.8, 4) is 11.5 Å². The smallest absolute Gasteiger partial charge is 0.290 e. The fourth-order valence-corrected chi connectivity index (χ4v) is 3.18. The van der Waals surface area contributed by atoms with E-state index in [9.17, 15) is 19.8 Å². The molecule has 1 aliphatic rings. The van der Waals surface area contributed by atoms with Gasteiger partial charge in [-0.2, -0.15) is 0 Å². The largest absolute Gasteiger partial charge is 0.504 e. The van der Waals surface area contributed by atoms with Gasteiger partial charge in [-0.25, -0.2) is 0 Å². The molecule has 0 saturated heterocycles. The lowest BCUT2D eigenvalue weighted by atomic mass is 9.92. The molecule has 0 saturated carbocycles. The lowest BCUT2D eigenvalue weighted by Gasteiger charge is -2.28. The number of carbonyl (C=O) groups excluding carboxylic acids is 2. The Bertz CT molecular complexity index is 755. The number of carbonyl (C=O) groups is 2. The molecule has 1 unspecified atom stereocenters. The molecule has 1 amide bonds. The van der Waals surface area contributed by atoms with Crippen LogP contribution in [0.25, 0.3) is 0 Å². The van der Waals surface area contributed by atoms with Crippen molar-refractivity contribution < 1.29 is 24.5 Å². The summed E-state index contributed by atoms with van der Waals surface area (Å²) in [5, 5.41) is 20.6. The molecular formula is C20H28N2O5. The zero-order valence-electron chi connectivity index (χ0n) is 16.5. The molecule has 148 valence electrons. The van der Waals surface area contributed by atoms with Crippen LogP contribution in [0.15, 0.2) is 29.5 Å². The lowest BCUT2D eigenvalue weighted by molar-refractivity contribution is -0.129. The van der Waals surface area contributed by atoms with Crippen LogP contribution in [0.5, 0.6) is 11.5 Å². The highest BCUT2D eigenvalue weighted by atomic mass is 16.5. The normalized spacial score (nSPS) is 17.4. The first-order valence-corrected chi connectivity index (χ1v) is 8.96. The van der Waals surface area contributed by atoms with Crippen LogP contribution in [0.4, 0.5) is 0 Å². The molecule has 2 rings (SSSR count). The maximum atomic E-state index is 12.8. The topological polar surface area (TPSA) is 90.3 Å². The summed E-state index contributed by atoms with van der Waals surface area (Å²) < 4.78 is 5.07. The van der Waals surface area contributed by atoms with Gasteiger partial charge in [0.1, 0.15) is 0 Å². The molecule has 0 spiro atoms. The summed E-state index contributed by atoms with van der Waals surface area (Å²) in [7, 11) is 5.21. The van der Waals surface area contributed by atoms with Crippen LogP contribution in [0, 0.1) is 5.92 Å². The molecule has 1 heterocycles. The number of hydrogen-bond donors (Lipinski definition) is 2. The average Bonchev–Trinajstić information content (AvgIpc) is 2.83. The van der Waals surface area contributed by atoms with Crippen LogP contribution < -0.4 is 4.74 Å². The number of ketones is 1. The van der Waals surface area contributed by atoms with E-state index in [4.69, 9.17) is 4.74 Å². The Morgan fingerprint density at radius 2 is 1.96 bits per heavy atom. The summed E-state index contributed by atoms with van der Waals surface area (Å²) in [6, 6.07) is 4.01. The molecule has 7 nitrogen and oxygen atoms in total. The van der Waals surface area contributed by atoms with Crippen molar-refractivity contribution in [2.24, 2.45) is 5.92 Å². The van der Waals surface area contributed by atoms with Crippen molar-refractivity contribution in [3.63, 3.8) is 0 Å². The van der Waals surface area contributed by atoms with Gasteiger partial charge in [0.05, 0.1) is 18.7 Å². The molecule has 1 aliphatic heterocycles. The molecule has 0 fully saturated rings. The molecule has 2 N–H and O–H groups in total. The van der Waals surface area contributed by atoms with Crippen LogP contribution >= 0.6 is 0 Å². The van der Waals surface area contributed by atoms with Gasteiger partial charge in [0.15, 0.2) is 23.0 Å². The number of phenols is 1. The number of amides is 1. The number of nitrogens with zero attached hydrogens (tertiary/aromatic N) is 2. The van der Waals surface area contributed by atoms with Crippen molar-refractivity contribution >= 4 is 11.7 Å². The maximum absolute atomic E-state index is 12.8. The summed E-state index contributed by atoms with van der Waals surface area (Å²) >= 11 is 0. The van der Waals surface area contributed by atoms with E-state index in [0.29, 0.717) is 24.4 Å². The first-order valence-electron chi connectivity index (χ1n) is 8.96. The minimum Gasteiger partial charge on any atom is -0.504 e. The van der Waals surface area contributed by atoms with E-state index in [-0.39, 0.29) is 29.4 Å². The van der Waals surface area contributed by atoms with E-state index < -0.39 is 17.7 Å². The Morgan fingerprint density at radius 3 is 2.48 bits per heavy atom. The Balaban J connectivity index is 2.50. The van der Waals surface area contributed by atoms with Crippen LogP contribution in [0.2, 0.25) is 0 Å². The predicted octanol–water partition coefficient (Wildman–Crippen LogP) is 2.27. The fourth-order valence-electron chi connectivity index (χ4n) is 3.18.